The van der Waals surface area contributed by atoms with E-state index in [1.807, 2.05) is 0 Å². The van der Waals surface area contributed by atoms with Crippen molar-refractivity contribution in [2.45, 2.75) is 36.9 Å². The second kappa shape index (κ2) is 18.0. The standard InChI is InChI=1S/C12H14O16S.4Na.4H/c13-5(14)1-11(23,9(19)20)3-7(17)27-12(10(21)22,2-6(15)16)4-8(18)28-29(24,25)26;;;;;;;;/h23H,1-4H2,(H,13,14)(H,15,16)(H,19,20)(H,21,22)(H,24,25,26);;;;;;;;/q;4*+1;4*-1. The molecule has 6 N–H and O–H groups in total. The molecule has 0 aromatic carbocycles. The molecule has 0 radical (unpaired) electrons. The van der Waals surface area contributed by atoms with Gasteiger partial charge in [-0.1, -0.05) is 0 Å². The quantitative estimate of drug-likeness (QED) is 0.0758. The number of aliphatic hydroxyl groups is 1. The first-order valence-electron chi connectivity index (χ1n) is 6.97. The fraction of sp³-hybridized carbons (Fsp3) is 0.500. The van der Waals surface area contributed by atoms with Crippen LogP contribution < -0.4 is 118 Å². The summed E-state index contributed by atoms with van der Waals surface area (Å²) in [5.74, 6) is -12.4. The van der Waals surface area contributed by atoms with Crippen LogP contribution in [0, 0.1) is 0 Å². The van der Waals surface area contributed by atoms with Crippen LogP contribution in [0.25, 0.3) is 0 Å². The zero-order valence-corrected chi connectivity index (χ0v) is 26.8. The number of hydrogen-bond donors (Lipinski definition) is 6. The topological polar surface area (TPSA) is 276 Å². The number of ether oxygens (including phenoxy) is 1. The van der Waals surface area contributed by atoms with Crippen LogP contribution in [-0.4, -0.2) is 85.5 Å². The Labute approximate surface area is 279 Å². The number of hydrogen-bond acceptors (Lipinski definition) is 11. The largest absolute Gasteiger partial charge is 1.00 e. The van der Waals surface area contributed by atoms with Crippen LogP contribution in [0.3, 0.4) is 0 Å². The summed E-state index contributed by atoms with van der Waals surface area (Å²) in [7, 11) is -5.45. The summed E-state index contributed by atoms with van der Waals surface area (Å²) in [5, 5.41) is 45.2. The van der Waals surface area contributed by atoms with E-state index in [4.69, 9.17) is 19.9 Å². The van der Waals surface area contributed by atoms with Gasteiger partial charge in [-0.3, -0.25) is 23.7 Å². The van der Waals surface area contributed by atoms with Gasteiger partial charge in [0.2, 0.25) is 5.60 Å². The number of rotatable bonds is 12. The van der Waals surface area contributed by atoms with Gasteiger partial charge in [-0.15, -0.1) is 0 Å². The molecule has 2 unspecified atom stereocenters. The summed E-state index contributed by atoms with van der Waals surface area (Å²) in [6.45, 7) is 0. The minimum atomic E-state index is -5.45. The van der Waals surface area contributed by atoms with Gasteiger partial charge in [-0.05, 0) is 0 Å². The second-order valence-electron chi connectivity index (χ2n) is 5.49. The molecular formula is C12H18Na4O16S. The van der Waals surface area contributed by atoms with E-state index in [-0.39, 0.29) is 124 Å². The van der Waals surface area contributed by atoms with Crippen LogP contribution in [0.4, 0.5) is 0 Å². The van der Waals surface area contributed by atoms with Crippen molar-refractivity contribution in [1.29, 1.82) is 0 Å². The molecule has 0 spiro atoms. The maximum absolute atomic E-state index is 11.9. The van der Waals surface area contributed by atoms with E-state index < -0.39 is 83.1 Å². The first-order valence-corrected chi connectivity index (χ1v) is 8.33. The fourth-order valence-electron chi connectivity index (χ4n) is 1.91. The molecule has 0 saturated heterocycles. The number of carboxylic acid groups (broad SMARTS) is 4. The Bertz CT molecular complexity index is 863. The summed E-state index contributed by atoms with van der Waals surface area (Å²) in [6, 6.07) is 0. The Morgan fingerprint density at radius 2 is 1.12 bits per heavy atom. The van der Waals surface area contributed by atoms with Gasteiger partial charge in [0.05, 0.1) is 25.7 Å². The van der Waals surface area contributed by atoms with Crippen LogP contribution in [0.2, 0.25) is 0 Å². The fourth-order valence-corrected chi connectivity index (χ4v) is 2.20. The molecule has 0 fully saturated rings. The van der Waals surface area contributed by atoms with Gasteiger partial charge < -0.3 is 40.2 Å². The third-order valence-corrected chi connectivity index (χ3v) is 3.44. The van der Waals surface area contributed by atoms with Crippen molar-refractivity contribution in [2.75, 3.05) is 0 Å². The monoisotopic (exact) mass is 542 g/mol. The molecule has 172 valence electrons. The Hall–Kier alpha value is 0.690. The first-order chi connectivity index (χ1) is 12.9. The molecule has 0 bridgehead atoms. The molecule has 0 heterocycles. The van der Waals surface area contributed by atoms with Gasteiger partial charge in [0.15, 0.2) is 5.60 Å². The number of carbonyl (C=O) groups is 6. The zero-order chi connectivity index (χ0) is 23.2. The number of carbonyl (C=O) groups excluding carboxylic acids is 2. The minimum absolute atomic E-state index is 0. The molecule has 0 aliphatic heterocycles. The van der Waals surface area contributed by atoms with Crippen molar-refractivity contribution in [1.82, 2.24) is 0 Å². The summed E-state index contributed by atoms with van der Waals surface area (Å²) < 4.78 is 37.1. The molecule has 0 amide bonds. The van der Waals surface area contributed by atoms with E-state index >= 15 is 0 Å². The van der Waals surface area contributed by atoms with Gasteiger partial charge in [0, 0.05) is 0 Å². The third kappa shape index (κ3) is 16.9. The number of aliphatic carboxylic acids is 4. The first kappa shape index (κ1) is 43.7. The molecule has 0 saturated carbocycles. The average molecular weight is 542 g/mol. The third-order valence-electron chi connectivity index (χ3n) is 3.04. The maximum Gasteiger partial charge on any atom is 1.00 e. The number of esters is 1. The molecule has 0 aliphatic carbocycles. The average Bonchev–Trinajstić information content (AvgIpc) is 2.41. The van der Waals surface area contributed by atoms with Crippen molar-refractivity contribution in [3.8, 4) is 0 Å². The molecule has 33 heavy (non-hydrogen) atoms. The van der Waals surface area contributed by atoms with Crippen molar-refractivity contribution in [3.05, 3.63) is 0 Å². The molecule has 0 aromatic heterocycles. The molecule has 0 aromatic rings. The van der Waals surface area contributed by atoms with Crippen LogP contribution >= 0.6 is 0 Å². The smallest absolute Gasteiger partial charge is 1.00 e. The second-order valence-corrected chi connectivity index (χ2v) is 6.51. The van der Waals surface area contributed by atoms with Crippen molar-refractivity contribution < 1.29 is 200 Å². The Kier molecular flexibility index (Phi) is 23.9. The molecule has 16 nitrogen and oxygen atoms in total. The maximum atomic E-state index is 11.9. The summed E-state index contributed by atoms with van der Waals surface area (Å²) >= 11 is 0. The van der Waals surface area contributed by atoms with Gasteiger partial charge >= 0.3 is 164 Å². The Balaban J connectivity index is -0.000000140. The van der Waals surface area contributed by atoms with E-state index in [2.05, 4.69) is 8.92 Å². The minimum Gasteiger partial charge on any atom is -1.00 e. The van der Waals surface area contributed by atoms with E-state index in [9.17, 15) is 47.4 Å². The number of carboxylic acids is 4. The van der Waals surface area contributed by atoms with Crippen LogP contribution in [0.5, 0.6) is 0 Å². The normalized spacial score (nSPS) is 13.4. The summed E-state index contributed by atoms with van der Waals surface area (Å²) in [4.78, 5) is 67.3. The van der Waals surface area contributed by atoms with E-state index in [1.165, 1.54) is 0 Å². The molecule has 2 atom stereocenters. The van der Waals surface area contributed by atoms with Gasteiger partial charge in [-0.25, -0.2) is 9.59 Å². The van der Waals surface area contributed by atoms with Crippen molar-refractivity contribution in [3.63, 3.8) is 0 Å². The molecule has 0 aliphatic rings. The van der Waals surface area contributed by atoms with E-state index in [1.54, 1.807) is 0 Å². The van der Waals surface area contributed by atoms with Crippen molar-refractivity contribution >= 4 is 46.2 Å². The zero-order valence-electron chi connectivity index (χ0n) is 22.0. The van der Waals surface area contributed by atoms with Crippen LogP contribution in [0.1, 0.15) is 31.4 Å². The van der Waals surface area contributed by atoms with E-state index in [0.717, 1.165) is 0 Å². The molecular weight excluding hydrogens is 524 g/mol. The SMILES string of the molecule is O=C(O)CC(O)(CC(=O)OC(CC(=O)O)(CC(=O)OS(=O)(=O)O)C(=O)O)C(=O)O.[H-].[H-].[H-].[H-].[Na+].[Na+].[Na+].[Na+]. The Morgan fingerprint density at radius 3 is 1.42 bits per heavy atom. The predicted molar refractivity (Wildman–Crippen MR) is 84.9 cm³/mol. The van der Waals surface area contributed by atoms with Crippen LogP contribution in [0.15, 0.2) is 0 Å². The summed E-state index contributed by atoms with van der Waals surface area (Å²) in [6.07, 6.45) is -6.67. The molecule has 0 rings (SSSR count). The van der Waals surface area contributed by atoms with Gasteiger partial charge in [0.1, 0.15) is 0 Å². The van der Waals surface area contributed by atoms with Gasteiger partial charge in [-0.2, -0.15) is 8.42 Å². The van der Waals surface area contributed by atoms with Crippen LogP contribution in [-0.2, 0) is 48.1 Å². The Morgan fingerprint density at radius 1 is 0.697 bits per heavy atom. The van der Waals surface area contributed by atoms with Crippen molar-refractivity contribution in [2.24, 2.45) is 0 Å². The van der Waals surface area contributed by atoms with E-state index in [0.29, 0.717) is 0 Å². The summed E-state index contributed by atoms with van der Waals surface area (Å²) in [5.41, 5.74) is -6.64. The predicted octanol–water partition coefficient (Wildman–Crippen LogP) is -14.3. The molecule has 21 heteroatoms. The van der Waals surface area contributed by atoms with Gasteiger partial charge in [0.25, 0.3) is 0 Å².